The SMILES string of the molecule is CCOc1ccccc1C(CC)NC(=O)CN1CCCC(C(=O)O)C1. The fourth-order valence-corrected chi connectivity index (χ4v) is 3.30. The number of hydrogen-bond acceptors (Lipinski definition) is 4. The third kappa shape index (κ3) is 5.46. The lowest BCUT2D eigenvalue weighted by molar-refractivity contribution is -0.144. The number of nitrogens with one attached hydrogen (secondary N) is 1. The average molecular weight is 348 g/mol. The van der Waals surface area contributed by atoms with Crippen molar-refractivity contribution in [2.45, 2.75) is 39.2 Å². The van der Waals surface area contributed by atoms with E-state index in [-0.39, 0.29) is 24.4 Å². The second-order valence-corrected chi connectivity index (χ2v) is 6.41. The number of para-hydroxylation sites is 1. The number of ether oxygens (including phenoxy) is 1. The van der Waals surface area contributed by atoms with E-state index >= 15 is 0 Å². The van der Waals surface area contributed by atoms with E-state index in [9.17, 15) is 9.59 Å². The molecule has 1 fully saturated rings. The fourth-order valence-electron chi connectivity index (χ4n) is 3.30. The number of benzene rings is 1. The number of amides is 1. The molecule has 1 aliphatic heterocycles. The molecule has 0 bridgehead atoms. The summed E-state index contributed by atoms with van der Waals surface area (Å²) in [5.74, 6) is -0.436. The van der Waals surface area contributed by atoms with Crippen LogP contribution in [0.15, 0.2) is 24.3 Å². The van der Waals surface area contributed by atoms with E-state index in [4.69, 9.17) is 9.84 Å². The van der Waals surface area contributed by atoms with Crippen molar-refractivity contribution in [1.29, 1.82) is 0 Å². The van der Waals surface area contributed by atoms with Crippen molar-refractivity contribution in [3.05, 3.63) is 29.8 Å². The first kappa shape index (κ1) is 19.2. The van der Waals surface area contributed by atoms with Crippen molar-refractivity contribution in [3.8, 4) is 5.75 Å². The zero-order valence-electron chi connectivity index (χ0n) is 15.0. The van der Waals surface area contributed by atoms with E-state index in [1.165, 1.54) is 0 Å². The van der Waals surface area contributed by atoms with Crippen LogP contribution in [0.5, 0.6) is 5.75 Å². The molecule has 6 nitrogen and oxygen atoms in total. The Hall–Kier alpha value is -2.08. The molecule has 2 unspecified atom stereocenters. The molecule has 0 aliphatic carbocycles. The number of piperidine rings is 1. The Bertz CT molecular complexity index is 591. The normalized spacial score (nSPS) is 19.2. The van der Waals surface area contributed by atoms with Gasteiger partial charge in [-0.2, -0.15) is 0 Å². The maximum Gasteiger partial charge on any atom is 0.307 e. The van der Waals surface area contributed by atoms with Gasteiger partial charge in [-0.15, -0.1) is 0 Å². The summed E-state index contributed by atoms with van der Waals surface area (Å²) in [4.78, 5) is 25.5. The Balaban J connectivity index is 1.97. The Morgan fingerprint density at radius 3 is 2.80 bits per heavy atom. The first-order valence-electron chi connectivity index (χ1n) is 9.01. The number of carbonyl (C=O) groups excluding carboxylic acids is 1. The van der Waals surface area contributed by atoms with Gasteiger partial charge in [0.1, 0.15) is 5.75 Å². The summed E-state index contributed by atoms with van der Waals surface area (Å²) < 4.78 is 5.66. The van der Waals surface area contributed by atoms with Crippen molar-refractivity contribution >= 4 is 11.9 Å². The van der Waals surface area contributed by atoms with E-state index in [0.29, 0.717) is 19.6 Å². The van der Waals surface area contributed by atoms with E-state index in [1.54, 1.807) is 0 Å². The first-order chi connectivity index (χ1) is 12.0. The van der Waals surface area contributed by atoms with Crippen molar-refractivity contribution in [2.24, 2.45) is 5.92 Å². The summed E-state index contributed by atoms with van der Waals surface area (Å²) in [6.45, 7) is 5.97. The highest BCUT2D eigenvalue weighted by Crippen LogP contribution is 2.27. The molecule has 138 valence electrons. The van der Waals surface area contributed by atoms with Crippen molar-refractivity contribution < 1.29 is 19.4 Å². The molecule has 1 heterocycles. The van der Waals surface area contributed by atoms with Crippen LogP contribution in [0.4, 0.5) is 0 Å². The van der Waals surface area contributed by atoms with Crippen LogP contribution in [0.3, 0.4) is 0 Å². The summed E-state index contributed by atoms with van der Waals surface area (Å²) in [6, 6.07) is 7.63. The minimum absolute atomic E-state index is 0.0795. The summed E-state index contributed by atoms with van der Waals surface area (Å²) in [5, 5.41) is 12.2. The summed E-state index contributed by atoms with van der Waals surface area (Å²) in [7, 11) is 0. The van der Waals surface area contributed by atoms with Crippen molar-refractivity contribution in [1.82, 2.24) is 10.2 Å². The first-order valence-corrected chi connectivity index (χ1v) is 9.01. The Labute approximate surface area is 149 Å². The molecule has 25 heavy (non-hydrogen) atoms. The molecule has 2 atom stereocenters. The summed E-state index contributed by atoms with van der Waals surface area (Å²) >= 11 is 0. The molecule has 1 saturated heterocycles. The fraction of sp³-hybridized carbons (Fsp3) is 0.579. The van der Waals surface area contributed by atoms with Gasteiger partial charge in [0.15, 0.2) is 0 Å². The highest BCUT2D eigenvalue weighted by molar-refractivity contribution is 5.79. The molecule has 2 rings (SSSR count). The van der Waals surface area contributed by atoms with Gasteiger partial charge in [0.25, 0.3) is 0 Å². The Kier molecular flexibility index (Phi) is 7.25. The topological polar surface area (TPSA) is 78.9 Å². The lowest BCUT2D eigenvalue weighted by atomic mass is 9.98. The maximum absolute atomic E-state index is 12.5. The number of carboxylic acid groups (broad SMARTS) is 1. The van der Waals surface area contributed by atoms with Gasteiger partial charge >= 0.3 is 5.97 Å². The van der Waals surface area contributed by atoms with Gasteiger partial charge in [-0.1, -0.05) is 25.1 Å². The van der Waals surface area contributed by atoms with E-state index in [0.717, 1.165) is 30.7 Å². The highest BCUT2D eigenvalue weighted by Gasteiger charge is 2.27. The third-order valence-electron chi connectivity index (χ3n) is 4.56. The van der Waals surface area contributed by atoms with Crippen LogP contribution in [0.2, 0.25) is 0 Å². The minimum Gasteiger partial charge on any atom is -0.494 e. The number of likely N-dealkylation sites (tertiary alicyclic amines) is 1. The van der Waals surface area contributed by atoms with Gasteiger partial charge in [0, 0.05) is 12.1 Å². The number of carboxylic acids is 1. The van der Waals surface area contributed by atoms with Gasteiger partial charge in [-0.05, 0) is 38.8 Å². The Morgan fingerprint density at radius 2 is 2.12 bits per heavy atom. The molecule has 0 radical (unpaired) electrons. The van der Waals surface area contributed by atoms with Gasteiger partial charge in [0.05, 0.1) is 25.1 Å². The second kappa shape index (κ2) is 9.42. The van der Waals surface area contributed by atoms with Crippen LogP contribution in [-0.2, 0) is 9.59 Å². The standard InChI is InChI=1S/C19H28N2O4/c1-3-16(15-9-5-6-10-17(15)25-4-2)20-18(22)13-21-11-7-8-14(12-21)19(23)24/h5-6,9-10,14,16H,3-4,7-8,11-13H2,1-2H3,(H,20,22)(H,23,24). The smallest absolute Gasteiger partial charge is 0.307 e. The molecule has 1 amide bonds. The number of aliphatic carboxylic acids is 1. The van der Waals surface area contributed by atoms with Gasteiger partial charge in [0.2, 0.25) is 5.91 Å². The lowest BCUT2D eigenvalue weighted by Gasteiger charge is -2.30. The quantitative estimate of drug-likeness (QED) is 0.754. The van der Waals surface area contributed by atoms with Gasteiger partial charge in [-0.25, -0.2) is 0 Å². The molecular formula is C19H28N2O4. The van der Waals surface area contributed by atoms with Crippen LogP contribution in [-0.4, -0.2) is 48.1 Å². The number of nitrogens with zero attached hydrogens (tertiary/aromatic N) is 1. The van der Waals surface area contributed by atoms with Crippen LogP contribution in [0, 0.1) is 5.92 Å². The van der Waals surface area contributed by atoms with Crippen LogP contribution in [0.25, 0.3) is 0 Å². The summed E-state index contributed by atoms with van der Waals surface area (Å²) in [5.41, 5.74) is 0.974. The van der Waals surface area contributed by atoms with E-state index < -0.39 is 5.97 Å². The number of rotatable bonds is 8. The van der Waals surface area contributed by atoms with Crippen LogP contribution < -0.4 is 10.1 Å². The van der Waals surface area contributed by atoms with E-state index in [2.05, 4.69) is 5.32 Å². The second-order valence-electron chi connectivity index (χ2n) is 6.41. The summed E-state index contributed by atoms with van der Waals surface area (Å²) in [6.07, 6.45) is 2.26. The molecule has 1 aromatic carbocycles. The molecule has 0 spiro atoms. The zero-order chi connectivity index (χ0) is 18.2. The third-order valence-corrected chi connectivity index (χ3v) is 4.56. The molecule has 1 aliphatic rings. The molecule has 0 saturated carbocycles. The maximum atomic E-state index is 12.5. The van der Waals surface area contributed by atoms with Crippen molar-refractivity contribution in [2.75, 3.05) is 26.2 Å². The average Bonchev–Trinajstić information content (AvgIpc) is 2.61. The molecule has 2 N–H and O–H groups in total. The lowest BCUT2D eigenvalue weighted by Crippen LogP contribution is -2.44. The number of carbonyl (C=O) groups is 2. The molecule has 1 aromatic rings. The van der Waals surface area contributed by atoms with E-state index in [1.807, 2.05) is 43.0 Å². The largest absolute Gasteiger partial charge is 0.494 e. The highest BCUT2D eigenvalue weighted by atomic mass is 16.5. The molecular weight excluding hydrogens is 320 g/mol. The minimum atomic E-state index is -0.776. The van der Waals surface area contributed by atoms with Crippen molar-refractivity contribution in [3.63, 3.8) is 0 Å². The molecule has 0 aromatic heterocycles. The van der Waals surface area contributed by atoms with Gasteiger partial charge in [-0.3, -0.25) is 14.5 Å². The monoisotopic (exact) mass is 348 g/mol. The Morgan fingerprint density at radius 1 is 1.36 bits per heavy atom. The van der Waals surface area contributed by atoms with Crippen LogP contribution >= 0.6 is 0 Å². The molecule has 6 heteroatoms. The number of hydrogen-bond donors (Lipinski definition) is 2. The predicted molar refractivity (Wildman–Crippen MR) is 95.6 cm³/mol. The van der Waals surface area contributed by atoms with Crippen LogP contribution in [0.1, 0.15) is 44.7 Å². The van der Waals surface area contributed by atoms with Gasteiger partial charge < -0.3 is 15.2 Å². The zero-order valence-corrected chi connectivity index (χ0v) is 15.0. The predicted octanol–water partition coefficient (Wildman–Crippen LogP) is 2.45.